The fourth-order valence-electron chi connectivity index (χ4n) is 4.17. The number of hydrogen-bond acceptors (Lipinski definition) is 0. The Labute approximate surface area is 233 Å². The molecule has 0 atom stereocenters. The van der Waals surface area contributed by atoms with Gasteiger partial charge in [0.05, 0.1) is 0 Å². The van der Waals surface area contributed by atoms with Crippen LogP contribution in [0.3, 0.4) is 0 Å². The zero-order valence-electron chi connectivity index (χ0n) is 24.0. The summed E-state index contributed by atoms with van der Waals surface area (Å²) in [6, 6.07) is 12.5. The van der Waals surface area contributed by atoms with E-state index in [0.29, 0.717) is 10.3 Å². The molecule has 2 nitrogen and oxygen atoms in total. The van der Waals surface area contributed by atoms with E-state index in [9.17, 15) is 0 Å². The number of allylic oxidation sites excluding steroid dienone is 4. The smallest absolute Gasteiger partial charge is 0 e. The Balaban J connectivity index is 0. The van der Waals surface area contributed by atoms with Crippen LogP contribution in [-0.4, -0.2) is 26.8 Å². The average molecular weight is 692 g/mol. The van der Waals surface area contributed by atoms with Crippen molar-refractivity contribution in [3.8, 4) is 0 Å². The van der Waals surface area contributed by atoms with Crippen LogP contribution in [0.4, 0.5) is 0 Å². The van der Waals surface area contributed by atoms with Gasteiger partial charge in [0.25, 0.3) is 0 Å². The molecule has 0 spiro atoms. The first-order valence-electron chi connectivity index (χ1n) is 11.9. The molecule has 1 aliphatic heterocycles. The van der Waals surface area contributed by atoms with E-state index in [2.05, 4.69) is 120 Å². The molecule has 0 unspecified atom stereocenters. The third-order valence-corrected chi connectivity index (χ3v) is 12.4. The van der Waals surface area contributed by atoms with Crippen molar-refractivity contribution in [2.45, 2.75) is 104 Å². The quantitative estimate of drug-likeness (QED) is 0.172. The van der Waals surface area contributed by atoms with Crippen LogP contribution >= 0.6 is 15.8 Å². The normalized spacial score (nSPS) is 15.2. The topological polar surface area (TPSA) is 34.0 Å². The predicted molar refractivity (Wildman–Crippen MR) is 156 cm³/mol. The van der Waals surface area contributed by atoms with Crippen LogP contribution in [0.2, 0.25) is 0 Å². The first-order valence-corrected chi connectivity index (χ1v) is 14.9. The molecule has 0 aromatic heterocycles. The zero-order valence-corrected chi connectivity index (χ0v) is 28.2. The Morgan fingerprint density at radius 3 is 1.57 bits per heavy atom. The Hall–Kier alpha value is -0.511. The third kappa shape index (κ3) is 14.7. The summed E-state index contributed by atoms with van der Waals surface area (Å²) in [4.78, 5) is 0. The second kappa shape index (κ2) is 15.7. The van der Waals surface area contributed by atoms with Gasteiger partial charge >= 0.3 is 11.3 Å². The second-order valence-corrected chi connectivity index (χ2v) is 19.9. The molecular weight excluding hydrogens is 645 g/mol. The maximum Gasteiger partial charge on any atom is 0 e. The summed E-state index contributed by atoms with van der Waals surface area (Å²) in [6.07, 6.45) is 7.71. The number of benzene rings is 1. The van der Waals surface area contributed by atoms with Gasteiger partial charge < -0.3 is 5.32 Å². The summed E-state index contributed by atoms with van der Waals surface area (Å²) >= 11 is 0. The van der Waals surface area contributed by atoms with Gasteiger partial charge in [0.15, 0.2) is 0 Å². The van der Waals surface area contributed by atoms with E-state index in [4.69, 9.17) is 9.97 Å². The minimum atomic E-state index is -0.279. The molecule has 0 amide bonds. The molecule has 0 bridgehead atoms. The molecule has 1 radical (unpaired) electrons. The van der Waals surface area contributed by atoms with Crippen molar-refractivity contribution in [2.75, 3.05) is 6.16 Å². The fourth-order valence-corrected chi connectivity index (χ4v) is 10.8. The molecule has 1 heterocycles. The van der Waals surface area contributed by atoms with E-state index in [0.717, 1.165) is 11.9 Å². The third-order valence-electron chi connectivity index (χ3n) is 5.08. The molecule has 0 aliphatic carbocycles. The molecule has 0 fully saturated rings. The van der Waals surface area contributed by atoms with Crippen molar-refractivity contribution in [1.82, 2.24) is 0 Å². The van der Waals surface area contributed by atoms with E-state index in [-0.39, 0.29) is 46.3 Å². The van der Waals surface area contributed by atoms with Crippen molar-refractivity contribution in [1.29, 1.82) is 0 Å². The average Bonchev–Trinajstić information content (AvgIpc) is 2.70. The van der Waals surface area contributed by atoms with Gasteiger partial charge in [0.1, 0.15) is 0 Å². The Morgan fingerprint density at radius 2 is 1.26 bits per heavy atom. The Bertz CT molecular complexity index is 775. The van der Waals surface area contributed by atoms with Gasteiger partial charge in [-0.15, -0.1) is 5.70 Å². The van der Waals surface area contributed by atoms with Gasteiger partial charge in [-0.25, -0.2) is 0 Å². The van der Waals surface area contributed by atoms with Crippen LogP contribution < -0.4 is 0 Å². The van der Waals surface area contributed by atoms with Crippen molar-refractivity contribution in [3.05, 3.63) is 83.8 Å². The van der Waals surface area contributed by atoms with Crippen LogP contribution in [0.25, 0.3) is 5.32 Å². The molecule has 5 heteroatoms. The molecule has 2 rings (SSSR count). The molecule has 0 N–H and O–H groups in total. The Morgan fingerprint density at radius 1 is 0.800 bits per heavy atom. The fraction of sp³-hybridized carbons (Fsp3) is 0.567. The summed E-state index contributed by atoms with van der Waals surface area (Å²) < 4.78 is 7.50. The zero-order chi connectivity index (χ0) is 26.8. The number of rotatable bonds is 3. The van der Waals surface area contributed by atoms with Gasteiger partial charge in [-0.2, -0.15) is 42.1 Å². The molecule has 0 saturated heterocycles. The van der Waals surface area contributed by atoms with Crippen LogP contribution in [0.15, 0.2) is 65.8 Å². The summed E-state index contributed by atoms with van der Waals surface area (Å²) in [5.74, 6) is 2.47. The minimum Gasteiger partial charge on any atom is -0.184 e. The molecule has 1 aliphatic rings. The maximum atomic E-state index is 7.50. The van der Waals surface area contributed by atoms with Crippen LogP contribution in [0, 0.1) is 12.7 Å². The molecule has 35 heavy (non-hydrogen) atoms. The number of nitrogens with zero attached hydrogens (tertiary/aromatic N) is 1. The van der Waals surface area contributed by atoms with E-state index < -0.39 is 0 Å². The molecular formula is C30H47IrNOP2-2. The monoisotopic (exact) mass is 692 g/mol. The molecule has 1 aromatic carbocycles. The van der Waals surface area contributed by atoms with Crippen LogP contribution in [0.5, 0.6) is 0 Å². The number of hydrogen-bond donors (Lipinski definition) is 0. The summed E-state index contributed by atoms with van der Waals surface area (Å²) in [5.41, 5.74) is 2.42. The second-order valence-electron chi connectivity index (χ2n) is 12.4. The van der Waals surface area contributed by atoms with Crippen LogP contribution in [-0.2, 0) is 24.8 Å². The summed E-state index contributed by atoms with van der Waals surface area (Å²) in [5, 5.41) is 6.32. The van der Waals surface area contributed by atoms with Gasteiger partial charge in [0, 0.05) is 20.1 Å². The van der Waals surface area contributed by atoms with Crippen LogP contribution in [0.1, 0.15) is 83.1 Å². The first-order chi connectivity index (χ1) is 15.4. The van der Waals surface area contributed by atoms with Crippen molar-refractivity contribution in [3.63, 3.8) is 0 Å². The van der Waals surface area contributed by atoms with E-state index in [1.165, 1.54) is 5.70 Å². The predicted octanol–water partition coefficient (Wildman–Crippen LogP) is 10.3. The SMILES string of the molecule is CC(C)(C)P(/C=C1/C=CC=C(CP(C(C)(C)C)C(C)(C)C)[N-]1)C(C)(C)C.[C-]#[O+].[Ir].[c-]1ccccc1. The van der Waals surface area contributed by atoms with Gasteiger partial charge in [-0.3, -0.25) is 0 Å². The largest absolute Gasteiger partial charge is 0.184 e. The molecule has 199 valence electrons. The minimum absolute atomic E-state index is 0. The van der Waals surface area contributed by atoms with Gasteiger partial charge in [-0.05, 0) is 26.8 Å². The van der Waals surface area contributed by atoms with Crippen molar-refractivity contribution >= 4 is 15.8 Å². The first kappa shape index (κ1) is 36.6. The Kier molecular flexibility index (Phi) is 16.4. The summed E-state index contributed by atoms with van der Waals surface area (Å²) in [6.45, 7) is 33.0. The standard InChI is InChI=1S/C23H42NP2.C6H5.CO.Ir/c1-20(2,3)25(21(4,5)6)16-18-14-13-15-19(24-18)17-26(22(7,8)9)23(10,11)12;1-2-4-6-5-3-1;1-2;/h13-16H,17H2,1-12H3;1-5H;;/q2*-1;;/b18-16-;;;. The van der Waals surface area contributed by atoms with Gasteiger partial charge in [-0.1, -0.05) is 123 Å². The van der Waals surface area contributed by atoms with Gasteiger partial charge in [0.2, 0.25) is 0 Å². The van der Waals surface area contributed by atoms with E-state index in [1.54, 1.807) is 0 Å². The van der Waals surface area contributed by atoms with E-state index >= 15 is 0 Å². The van der Waals surface area contributed by atoms with Crippen molar-refractivity contribution in [2.24, 2.45) is 0 Å². The summed E-state index contributed by atoms with van der Waals surface area (Å²) in [7, 11) is -0.447. The van der Waals surface area contributed by atoms with Crippen molar-refractivity contribution < 1.29 is 24.8 Å². The molecule has 0 saturated carbocycles. The maximum absolute atomic E-state index is 7.50. The van der Waals surface area contributed by atoms with E-state index in [1.807, 2.05) is 30.3 Å². The molecule has 1 aromatic rings.